The fraction of sp³-hybridized carbons (Fsp3) is 0.188. The Bertz CT molecular complexity index is 853. The number of carbonyl (C=O) groups excluding carboxylic acids is 2. The van der Waals surface area contributed by atoms with E-state index in [0.29, 0.717) is 6.07 Å². The van der Waals surface area contributed by atoms with Crippen molar-refractivity contribution >= 4 is 17.6 Å². The summed E-state index contributed by atoms with van der Waals surface area (Å²) in [5.41, 5.74) is 3.07. The van der Waals surface area contributed by atoms with Gasteiger partial charge in [0.2, 0.25) is 11.8 Å². The molecule has 27 heavy (non-hydrogen) atoms. The molecule has 0 saturated heterocycles. The zero-order valence-electron chi connectivity index (χ0n) is 13.5. The number of benzene rings is 1. The van der Waals surface area contributed by atoms with Crippen LogP contribution in [0.4, 0.5) is 27.8 Å². The molecule has 0 fully saturated rings. The zero-order valence-corrected chi connectivity index (χ0v) is 13.5. The fourth-order valence-electron chi connectivity index (χ4n) is 2.01. The maximum absolute atomic E-state index is 13.7. The molecule has 0 bridgehead atoms. The van der Waals surface area contributed by atoms with Crippen molar-refractivity contribution in [2.75, 3.05) is 11.9 Å². The van der Waals surface area contributed by atoms with Crippen LogP contribution in [0.5, 0.6) is 0 Å². The van der Waals surface area contributed by atoms with Crippen molar-refractivity contribution in [2.24, 2.45) is 5.73 Å². The van der Waals surface area contributed by atoms with E-state index in [-0.39, 0.29) is 24.0 Å². The number of rotatable bonds is 6. The molecule has 1 aromatic carbocycles. The zero-order chi connectivity index (χ0) is 20.2. The van der Waals surface area contributed by atoms with Gasteiger partial charge < -0.3 is 16.4 Å². The fourth-order valence-corrected chi connectivity index (χ4v) is 2.01. The second kappa shape index (κ2) is 7.98. The van der Waals surface area contributed by atoms with E-state index in [9.17, 15) is 31.5 Å². The van der Waals surface area contributed by atoms with Crippen molar-refractivity contribution in [1.29, 1.82) is 0 Å². The Balaban J connectivity index is 1.92. The Labute approximate surface area is 149 Å². The van der Waals surface area contributed by atoms with E-state index >= 15 is 0 Å². The van der Waals surface area contributed by atoms with Crippen molar-refractivity contribution in [3.8, 4) is 0 Å². The number of nitrogens with one attached hydrogen (secondary N) is 2. The van der Waals surface area contributed by atoms with Crippen LogP contribution in [0.3, 0.4) is 0 Å². The second-order valence-corrected chi connectivity index (χ2v) is 5.35. The minimum atomic E-state index is -5.02. The predicted octanol–water partition coefficient (Wildman–Crippen LogP) is 2.21. The molecule has 1 aromatic heterocycles. The van der Waals surface area contributed by atoms with E-state index in [4.69, 9.17) is 5.73 Å². The molecular weight excluding hydrogens is 375 g/mol. The number of nitrogens with two attached hydrogens (primary N) is 1. The number of pyridine rings is 1. The number of aromatic nitrogens is 1. The first kappa shape index (κ1) is 20.1. The summed E-state index contributed by atoms with van der Waals surface area (Å²) in [7, 11) is 0. The van der Waals surface area contributed by atoms with E-state index in [2.05, 4.69) is 15.6 Å². The van der Waals surface area contributed by atoms with Gasteiger partial charge in [-0.15, -0.1) is 0 Å². The monoisotopic (exact) mass is 388 g/mol. The standard InChI is InChI=1S/C16H13F5N4O2/c17-11-4-10(16(19,20)21)12(18)3-9(11)6-25-14(26)7-24-13-2-1-8(5-23-13)15(22)27/h1-5H,6-7H2,(H2,22,27)(H,23,24)(H,25,26). The highest BCUT2D eigenvalue weighted by molar-refractivity contribution is 5.92. The lowest BCUT2D eigenvalue weighted by Gasteiger charge is -2.12. The molecule has 0 aliphatic rings. The van der Waals surface area contributed by atoms with Gasteiger partial charge in [0.1, 0.15) is 17.5 Å². The van der Waals surface area contributed by atoms with Gasteiger partial charge in [0.15, 0.2) is 0 Å². The molecule has 1 heterocycles. The summed E-state index contributed by atoms with van der Waals surface area (Å²) in [6.07, 6.45) is -3.82. The van der Waals surface area contributed by atoms with Gasteiger partial charge in [0, 0.05) is 18.3 Å². The van der Waals surface area contributed by atoms with Gasteiger partial charge in [-0.2, -0.15) is 13.2 Å². The molecule has 0 aliphatic carbocycles. The number of nitrogens with zero attached hydrogens (tertiary/aromatic N) is 1. The lowest BCUT2D eigenvalue weighted by Crippen LogP contribution is -2.30. The highest BCUT2D eigenvalue weighted by Gasteiger charge is 2.35. The molecule has 6 nitrogen and oxygen atoms in total. The average Bonchev–Trinajstić information content (AvgIpc) is 2.59. The summed E-state index contributed by atoms with van der Waals surface area (Å²) in [5, 5.41) is 4.84. The SMILES string of the molecule is NC(=O)c1ccc(NCC(=O)NCc2cc(F)c(C(F)(F)F)cc2F)nc1. The Morgan fingerprint density at radius 1 is 1.11 bits per heavy atom. The van der Waals surface area contributed by atoms with Crippen LogP contribution in [-0.2, 0) is 17.5 Å². The van der Waals surface area contributed by atoms with Gasteiger partial charge in [0.25, 0.3) is 0 Å². The van der Waals surface area contributed by atoms with Gasteiger partial charge in [0.05, 0.1) is 17.7 Å². The van der Waals surface area contributed by atoms with Crippen molar-refractivity contribution < 1.29 is 31.5 Å². The van der Waals surface area contributed by atoms with Crippen molar-refractivity contribution in [3.05, 3.63) is 58.8 Å². The Morgan fingerprint density at radius 2 is 1.81 bits per heavy atom. The molecule has 0 spiro atoms. The molecule has 0 radical (unpaired) electrons. The van der Waals surface area contributed by atoms with Gasteiger partial charge in [-0.3, -0.25) is 9.59 Å². The van der Waals surface area contributed by atoms with Crippen LogP contribution in [0.25, 0.3) is 0 Å². The molecule has 4 N–H and O–H groups in total. The number of hydrogen-bond donors (Lipinski definition) is 3. The number of halogens is 5. The maximum atomic E-state index is 13.7. The van der Waals surface area contributed by atoms with Gasteiger partial charge in [-0.05, 0) is 24.3 Å². The number of carbonyl (C=O) groups is 2. The van der Waals surface area contributed by atoms with Crippen LogP contribution >= 0.6 is 0 Å². The number of anilines is 1. The molecular formula is C16H13F5N4O2. The number of hydrogen-bond acceptors (Lipinski definition) is 4. The third kappa shape index (κ3) is 5.36. The minimum Gasteiger partial charge on any atom is -0.366 e. The molecule has 2 aromatic rings. The highest BCUT2D eigenvalue weighted by Crippen LogP contribution is 2.32. The molecule has 144 valence electrons. The van der Waals surface area contributed by atoms with E-state index < -0.39 is 47.3 Å². The van der Waals surface area contributed by atoms with E-state index in [0.717, 1.165) is 0 Å². The molecule has 0 unspecified atom stereocenters. The second-order valence-electron chi connectivity index (χ2n) is 5.35. The lowest BCUT2D eigenvalue weighted by atomic mass is 10.1. The van der Waals surface area contributed by atoms with Crippen molar-refractivity contribution in [1.82, 2.24) is 10.3 Å². The van der Waals surface area contributed by atoms with Crippen LogP contribution in [-0.4, -0.2) is 23.3 Å². The normalized spacial score (nSPS) is 11.1. The number of alkyl halides is 3. The first-order chi connectivity index (χ1) is 12.6. The summed E-state index contributed by atoms with van der Waals surface area (Å²) >= 11 is 0. The number of primary amides is 1. The molecule has 0 atom stereocenters. The topological polar surface area (TPSA) is 97.1 Å². The molecule has 2 rings (SSSR count). The van der Waals surface area contributed by atoms with Crippen molar-refractivity contribution in [3.63, 3.8) is 0 Å². The van der Waals surface area contributed by atoms with Gasteiger partial charge in [-0.25, -0.2) is 13.8 Å². The molecule has 0 saturated carbocycles. The van der Waals surface area contributed by atoms with Crippen LogP contribution < -0.4 is 16.4 Å². The predicted molar refractivity (Wildman–Crippen MR) is 84.5 cm³/mol. The number of amides is 2. The van der Waals surface area contributed by atoms with E-state index in [1.165, 1.54) is 18.3 Å². The maximum Gasteiger partial charge on any atom is 0.419 e. The van der Waals surface area contributed by atoms with Crippen LogP contribution in [0.1, 0.15) is 21.5 Å². The summed E-state index contributed by atoms with van der Waals surface area (Å²) in [6.45, 7) is -0.802. The van der Waals surface area contributed by atoms with Gasteiger partial charge in [-0.1, -0.05) is 0 Å². The summed E-state index contributed by atoms with van der Waals surface area (Å²) in [4.78, 5) is 26.5. The Hall–Kier alpha value is -3.24. The molecule has 0 aliphatic heterocycles. The van der Waals surface area contributed by atoms with Gasteiger partial charge >= 0.3 is 6.18 Å². The van der Waals surface area contributed by atoms with E-state index in [1.807, 2.05) is 0 Å². The Morgan fingerprint density at radius 3 is 2.37 bits per heavy atom. The van der Waals surface area contributed by atoms with Crippen molar-refractivity contribution in [2.45, 2.75) is 12.7 Å². The largest absolute Gasteiger partial charge is 0.419 e. The average molecular weight is 388 g/mol. The first-order valence-electron chi connectivity index (χ1n) is 7.39. The van der Waals surface area contributed by atoms with Crippen LogP contribution in [0.15, 0.2) is 30.5 Å². The van der Waals surface area contributed by atoms with Crippen LogP contribution in [0.2, 0.25) is 0 Å². The summed E-state index contributed by atoms with van der Waals surface area (Å²) < 4.78 is 64.6. The Kier molecular flexibility index (Phi) is 5.93. The first-order valence-corrected chi connectivity index (χ1v) is 7.39. The lowest BCUT2D eigenvalue weighted by molar-refractivity contribution is -0.140. The smallest absolute Gasteiger partial charge is 0.366 e. The third-order valence-electron chi connectivity index (χ3n) is 3.40. The molecule has 11 heteroatoms. The van der Waals surface area contributed by atoms with E-state index in [1.54, 1.807) is 0 Å². The third-order valence-corrected chi connectivity index (χ3v) is 3.40. The minimum absolute atomic E-state index is 0.0410. The summed E-state index contributed by atoms with van der Waals surface area (Å²) in [5.74, 6) is -3.99. The highest BCUT2D eigenvalue weighted by atomic mass is 19.4. The quantitative estimate of drug-likeness (QED) is 0.661. The molecule has 2 amide bonds. The summed E-state index contributed by atoms with van der Waals surface area (Å²) in [6, 6.07) is 3.21. The van der Waals surface area contributed by atoms with Crippen LogP contribution in [0, 0.1) is 11.6 Å².